The summed E-state index contributed by atoms with van der Waals surface area (Å²) in [5.41, 5.74) is 1.01. The van der Waals surface area contributed by atoms with Crippen LogP contribution in [0.4, 0.5) is 0 Å². The van der Waals surface area contributed by atoms with Gasteiger partial charge in [-0.3, -0.25) is 4.79 Å². The number of hydrazine groups is 1. The van der Waals surface area contributed by atoms with E-state index in [9.17, 15) is 9.59 Å². The Morgan fingerprint density at radius 3 is 2.32 bits per heavy atom. The number of hydrogen-bond acceptors (Lipinski definition) is 8. The zero-order valence-corrected chi connectivity index (χ0v) is 18.7. The molecule has 0 aromatic heterocycles. The SMILES string of the molecule is CCOC(=O)[C@@H](OC1CCN(N2CCNCC2)CC1)C(=O)CCc1ccc(OC)cc1. The van der Waals surface area contributed by atoms with Crippen molar-refractivity contribution in [2.24, 2.45) is 0 Å². The topological polar surface area (TPSA) is 80.3 Å². The van der Waals surface area contributed by atoms with Crippen molar-refractivity contribution >= 4 is 11.8 Å². The highest BCUT2D eigenvalue weighted by atomic mass is 16.6. The van der Waals surface area contributed by atoms with Gasteiger partial charge in [0.1, 0.15) is 5.75 Å². The minimum atomic E-state index is -1.14. The summed E-state index contributed by atoms with van der Waals surface area (Å²) in [6.07, 6.45) is 1.11. The molecular formula is C23H35N3O5. The number of hydrogen-bond donors (Lipinski definition) is 1. The van der Waals surface area contributed by atoms with E-state index in [1.165, 1.54) is 0 Å². The molecule has 0 unspecified atom stereocenters. The van der Waals surface area contributed by atoms with Gasteiger partial charge in [-0.1, -0.05) is 12.1 Å². The summed E-state index contributed by atoms with van der Waals surface area (Å²) in [5, 5.41) is 8.12. The number of esters is 1. The van der Waals surface area contributed by atoms with Crippen molar-refractivity contribution in [3.63, 3.8) is 0 Å². The van der Waals surface area contributed by atoms with Crippen LogP contribution in [0.2, 0.25) is 0 Å². The second-order valence-corrected chi connectivity index (χ2v) is 7.94. The Balaban J connectivity index is 1.52. The number of nitrogens with one attached hydrogen (secondary N) is 1. The summed E-state index contributed by atoms with van der Waals surface area (Å²) in [6, 6.07) is 7.59. The molecule has 0 spiro atoms. The van der Waals surface area contributed by atoms with Gasteiger partial charge < -0.3 is 19.5 Å². The normalized spacial score (nSPS) is 19.7. The molecule has 0 bridgehead atoms. The number of ether oxygens (including phenoxy) is 3. The lowest BCUT2D eigenvalue weighted by Crippen LogP contribution is -2.55. The molecule has 0 saturated carbocycles. The molecule has 1 atom stereocenters. The maximum Gasteiger partial charge on any atom is 0.343 e. The first kappa shape index (κ1) is 23.7. The van der Waals surface area contributed by atoms with Crippen LogP contribution in [0.25, 0.3) is 0 Å². The summed E-state index contributed by atoms with van der Waals surface area (Å²) in [4.78, 5) is 25.3. The van der Waals surface area contributed by atoms with E-state index < -0.39 is 12.1 Å². The predicted molar refractivity (Wildman–Crippen MR) is 117 cm³/mol. The van der Waals surface area contributed by atoms with Crippen molar-refractivity contribution in [1.29, 1.82) is 0 Å². The van der Waals surface area contributed by atoms with Crippen LogP contribution in [0.15, 0.2) is 24.3 Å². The lowest BCUT2D eigenvalue weighted by molar-refractivity contribution is -0.169. The fourth-order valence-electron chi connectivity index (χ4n) is 4.06. The van der Waals surface area contributed by atoms with Crippen LogP contribution >= 0.6 is 0 Å². The summed E-state index contributed by atoms with van der Waals surface area (Å²) in [6.45, 7) is 7.75. The van der Waals surface area contributed by atoms with Gasteiger partial charge in [-0.2, -0.15) is 0 Å². The Bertz CT molecular complexity index is 698. The molecule has 31 heavy (non-hydrogen) atoms. The van der Waals surface area contributed by atoms with Gasteiger partial charge in [-0.15, -0.1) is 0 Å². The zero-order chi connectivity index (χ0) is 22.1. The number of aryl methyl sites for hydroxylation is 1. The van der Waals surface area contributed by atoms with Crippen LogP contribution in [0.5, 0.6) is 5.75 Å². The highest BCUT2D eigenvalue weighted by molar-refractivity contribution is 6.02. The maximum absolute atomic E-state index is 12.9. The zero-order valence-electron chi connectivity index (χ0n) is 18.7. The Morgan fingerprint density at radius 2 is 1.71 bits per heavy atom. The summed E-state index contributed by atoms with van der Waals surface area (Å²) < 4.78 is 16.3. The second kappa shape index (κ2) is 12.1. The van der Waals surface area contributed by atoms with E-state index in [1.54, 1.807) is 14.0 Å². The molecule has 1 aromatic rings. The van der Waals surface area contributed by atoms with Crippen LogP contribution in [0.1, 0.15) is 31.7 Å². The number of Topliss-reactive ketones (excluding diaryl/α,β-unsaturated/α-hetero) is 1. The van der Waals surface area contributed by atoms with E-state index in [4.69, 9.17) is 14.2 Å². The van der Waals surface area contributed by atoms with E-state index in [0.29, 0.717) is 6.42 Å². The van der Waals surface area contributed by atoms with Crippen molar-refractivity contribution in [3.8, 4) is 5.75 Å². The number of methoxy groups -OCH3 is 1. The first-order valence-electron chi connectivity index (χ1n) is 11.3. The number of carbonyl (C=O) groups is 2. The fourth-order valence-corrected chi connectivity index (χ4v) is 4.06. The van der Waals surface area contributed by atoms with Gasteiger partial charge in [0.05, 0.1) is 19.8 Å². The Labute approximate surface area is 184 Å². The molecule has 0 aliphatic carbocycles. The maximum atomic E-state index is 12.9. The molecule has 2 fully saturated rings. The molecule has 0 amide bonds. The number of piperidine rings is 1. The lowest BCUT2D eigenvalue weighted by Gasteiger charge is -2.41. The number of carbonyl (C=O) groups excluding carboxylic acids is 2. The summed E-state index contributed by atoms with van der Waals surface area (Å²) in [5.74, 6) is -0.0273. The third kappa shape index (κ3) is 7.00. The number of benzene rings is 1. The molecule has 2 saturated heterocycles. The number of ketones is 1. The second-order valence-electron chi connectivity index (χ2n) is 7.94. The van der Waals surface area contributed by atoms with Crippen molar-refractivity contribution in [2.45, 2.75) is 44.8 Å². The van der Waals surface area contributed by atoms with Crippen LogP contribution in [0.3, 0.4) is 0 Å². The van der Waals surface area contributed by atoms with E-state index in [2.05, 4.69) is 15.3 Å². The third-order valence-electron chi connectivity index (χ3n) is 5.85. The average molecular weight is 434 g/mol. The fraction of sp³-hybridized carbons (Fsp3) is 0.652. The van der Waals surface area contributed by atoms with Gasteiger partial charge in [-0.25, -0.2) is 14.8 Å². The van der Waals surface area contributed by atoms with E-state index in [0.717, 1.165) is 63.4 Å². The Morgan fingerprint density at radius 1 is 1.06 bits per heavy atom. The van der Waals surface area contributed by atoms with E-state index in [-0.39, 0.29) is 24.9 Å². The van der Waals surface area contributed by atoms with Gasteiger partial charge in [-0.05, 0) is 43.9 Å². The van der Waals surface area contributed by atoms with Gasteiger partial charge >= 0.3 is 5.97 Å². The van der Waals surface area contributed by atoms with Crippen LogP contribution in [0, 0.1) is 0 Å². The molecule has 2 heterocycles. The Kier molecular flexibility index (Phi) is 9.27. The summed E-state index contributed by atoms with van der Waals surface area (Å²) in [7, 11) is 1.62. The molecule has 2 aliphatic heterocycles. The molecule has 8 heteroatoms. The standard InChI is InChI=1S/C23H35N3O5/c1-3-30-23(28)22(21(27)9-6-18-4-7-19(29-2)8-5-18)31-20-10-14-25(15-11-20)26-16-12-24-13-17-26/h4-5,7-8,20,22,24H,3,6,9-17H2,1-2H3/t22-/m0/s1. The van der Waals surface area contributed by atoms with Gasteiger partial charge in [0.2, 0.25) is 6.10 Å². The molecule has 172 valence electrons. The highest BCUT2D eigenvalue weighted by Gasteiger charge is 2.33. The largest absolute Gasteiger partial charge is 0.497 e. The molecule has 3 rings (SSSR count). The minimum Gasteiger partial charge on any atom is -0.497 e. The quantitative estimate of drug-likeness (QED) is 0.439. The van der Waals surface area contributed by atoms with Gasteiger partial charge in [0, 0.05) is 45.7 Å². The van der Waals surface area contributed by atoms with Crippen LogP contribution in [-0.4, -0.2) is 87.0 Å². The molecule has 2 aliphatic rings. The number of piperazine rings is 1. The first-order chi connectivity index (χ1) is 15.1. The number of nitrogens with zero attached hydrogens (tertiary/aromatic N) is 2. The monoisotopic (exact) mass is 433 g/mol. The average Bonchev–Trinajstić information content (AvgIpc) is 2.82. The number of rotatable bonds is 10. The minimum absolute atomic E-state index is 0.112. The third-order valence-corrected chi connectivity index (χ3v) is 5.85. The van der Waals surface area contributed by atoms with Crippen LogP contribution in [-0.2, 0) is 25.5 Å². The van der Waals surface area contributed by atoms with Crippen molar-refractivity contribution in [2.75, 3.05) is 53.0 Å². The Hall–Kier alpha value is -2.00. The van der Waals surface area contributed by atoms with Gasteiger partial charge in [0.25, 0.3) is 0 Å². The predicted octanol–water partition coefficient (Wildman–Crippen LogP) is 1.43. The van der Waals surface area contributed by atoms with Crippen molar-refractivity contribution in [3.05, 3.63) is 29.8 Å². The highest BCUT2D eigenvalue weighted by Crippen LogP contribution is 2.20. The van der Waals surface area contributed by atoms with Crippen molar-refractivity contribution < 1.29 is 23.8 Å². The lowest BCUT2D eigenvalue weighted by atomic mass is 10.0. The van der Waals surface area contributed by atoms with Crippen LogP contribution < -0.4 is 10.1 Å². The molecule has 0 radical (unpaired) electrons. The van der Waals surface area contributed by atoms with Crippen molar-refractivity contribution in [1.82, 2.24) is 15.3 Å². The molecule has 1 aromatic carbocycles. The molecule has 1 N–H and O–H groups in total. The smallest absolute Gasteiger partial charge is 0.343 e. The molecular weight excluding hydrogens is 398 g/mol. The van der Waals surface area contributed by atoms with Gasteiger partial charge in [0.15, 0.2) is 5.78 Å². The molecule has 8 nitrogen and oxygen atoms in total. The first-order valence-corrected chi connectivity index (χ1v) is 11.3. The van der Waals surface area contributed by atoms with E-state index in [1.807, 2.05) is 24.3 Å². The van der Waals surface area contributed by atoms with E-state index >= 15 is 0 Å². The summed E-state index contributed by atoms with van der Waals surface area (Å²) >= 11 is 0.